The molecule has 2 aromatic rings. The fraction of sp³-hybridized carbons (Fsp3) is 0.133. The van der Waals surface area contributed by atoms with Crippen molar-refractivity contribution >= 4 is 29.3 Å². The Kier molecular flexibility index (Phi) is 4.88. The predicted octanol–water partition coefficient (Wildman–Crippen LogP) is 4.67. The van der Waals surface area contributed by atoms with Gasteiger partial charge in [0.05, 0.1) is 12.2 Å². The number of esters is 1. The molecule has 0 aliphatic carbocycles. The van der Waals surface area contributed by atoms with Gasteiger partial charge in [-0.3, -0.25) is 0 Å². The lowest BCUT2D eigenvalue weighted by molar-refractivity contribution is 0.0522. The van der Waals surface area contributed by atoms with E-state index in [-0.39, 0.29) is 5.97 Å². The highest BCUT2D eigenvalue weighted by molar-refractivity contribution is 7.99. The Morgan fingerprint density at radius 3 is 2.53 bits per heavy atom. The Hall–Kier alpha value is -1.45. The van der Waals surface area contributed by atoms with Gasteiger partial charge < -0.3 is 4.74 Å². The monoisotopic (exact) mass is 292 g/mol. The van der Waals surface area contributed by atoms with Crippen LogP contribution in [0.3, 0.4) is 0 Å². The second kappa shape index (κ2) is 6.64. The van der Waals surface area contributed by atoms with Gasteiger partial charge in [-0.05, 0) is 43.3 Å². The van der Waals surface area contributed by atoms with Crippen molar-refractivity contribution in [3.05, 3.63) is 59.1 Å². The van der Waals surface area contributed by atoms with Crippen LogP contribution in [-0.4, -0.2) is 12.6 Å². The van der Waals surface area contributed by atoms with Crippen molar-refractivity contribution in [3.8, 4) is 0 Å². The molecule has 0 aromatic heterocycles. The van der Waals surface area contributed by atoms with Crippen LogP contribution in [0.4, 0.5) is 0 Å². The number of benzene rings is 2. The summed E-state index contributed by atoms with van der Waals surface area (Å²) in [5.41, 5.74) is 0.587. The minimum Gasteiger partial charge on any atom is -0.462 e. The maximum absolute atomic E-state index is 11.9. The van der Waals surface area contributed by atoms with E-state index in [4.69, 9.17) is 16.3 Å². The van der Waals surface area contributed by atoms with Crippen molar-refractivity contribution in [2.45, 2.75) is 16.7 Å². The van der Waals surface area contributed by atoms with Crippen LogP contribution in [0.25, 0.3) is 0 Å². The van der Waals surface area contributed by atoms with E-state index in [0.717, 1.165) is 9.79 Å². The molecular formula is C15H13ClO2S. The quantitative estimate of drug-likeness (QED) is 0.766. The predicted molar refractivity (Wildman–Crippen MR) is 78.0 cm³/mol. The first-order valence-corrected chi connectivity index (χ1v) is 7.09. The topological polar surface area (TPSA) is 26.3 Å². The van der Waals surface area contributed by atoms with E-state index in [1.807, 2.05) is 42.5 Å². The number of carbonyl (C=O) groups is 1. The van der Waals surface area contributed by atoms with Gasteiger partial charge in [-0.25, -0.2) is 4.79 Å². The Morgan fingerprint density at radius 1 is 1.16 bits per heavy atom. The first-order valence-electron chi connectivity index (χ1n) is 5.90. The third-order valence-corrected chi connectivity index (χ3v) is 3.76. The van der Waals surface area contributed by atoms with Gasteiger partial charge in [0, 0.05) is 14.8 Å². The molecule has 0 aliphatic rings. The SMILES string of the molecule is CCOC(=O)c1ccccc1Sc1ccc(Cl)cc1. The zero-order valence-electron chi connectivity index (χ0n) is 10.4. The van der Waals surface area contributed by atoms with Gasteiger partial charge in [-0.2, -0.15) is 0 Å². The largest absolute Gasteiger partial charge is 0.462 e. The Labute approximate surface area is 121 Å². The highest BCUT2D eigenvalue weighted by Gasteiger charge is 2.12. The van der Waals surface area contributed by atoms with Crippen LogP contribution in [0.1, 0.15) is 17.3 Å². The zero-order valence-corrected chi connectivity index (χ0v) is 12.0. The van der Waals surface area contributed by atoms with Crippen molar-refractivity contribution in [1.29, 1.82) is 0 Å². The van der Waals surface area contributed by atoms with E-state index >= 15 is 0 Å². The fourth-order valence-electron chi connectivity index (χ4n) is 1.56. The van der Waals surface area contributed by atoms with Crippen molar-refractivity contribution < 1.29 is 9.53 Å². The molecule has 4 heteroatoms. The number of hydrogen-bond donors (Lipinski definition) is 0. The average molecular weight is 293 g/mol. The Bertz CT molecular complexity index is 567. The van der Waals surface area contributed by atoms with Gasteiger partial charge in [-0.15, -0.1) is 0 Å². The highest BCUT2D eigenvalue weighted by atomic mass is 35.5. The summed E-state index contributed by atoms with van der Waals surface area (Å²) in [6.07, 6.45) is 0. The molecular weight excluding hydrogens is 280 g/mol. The standard InChI is InChI=1S/C15H13ClO2S/c1-2-18-15(17)13-5-3-4-6-14(13)19-12-9-7-11(16)8-10-12/h3-10H,2H2,1H3. The summed E-state index contributed by atoms with van der Waals surface area (Å²) >= 11 is 7.37. The lowest BCUT2D eigenvalue weighted by Crippen LogP contribution is -2.05. The summed E-state index contributed by atoms with van der Waals surface area (Å²) in [4.78, 5) is 13.8. The molecule has 0 saturated carbocycles. The number of hydrogen-bond acceptors (Lipinski definition) is 3. The van der Waals surface area contributed by atoms with E-state index < -0.39 is 0 Å². The molecule has 0 N–H and O–H groups in total. The first-order chi connectivity index (χ1) is 9.20. The fourth-order valence-corrected chi connectivity index (χ4v) is 2.62. The summed E-state index contributed by atoms with van der Waals surface area (Å²) < 4.78 is 5.05. The minimum atomic E-state index is -0.292. The molecule has 0 fully saturated rings. The summed E-state index contributed by atoms with van der Waals surface area (Å²) in [6, 6.07) is 14.9. The molecule has 19 heavy (non-hydrogen) atoms. The highest BCUT2D eigenvalue weighted by Crippen LogP contribution is 2.31. The second-order valence-corrected chi connectivity index (χ2v) is 5.32. The third-order valence-electron chi connectivity index (χ3n) is 2.42. The number of halogens is 1. The number of rotatable bonds is 4. The molecule has 0 atom stereocenters. The van der Waals surface area contributed by atoms with Gasteiger partial charge in [0.2, 0.25) is 0 Å². The number of carbonyl (C=O) groups excluding carboxylic acids is 1. The van der Waals surface area contributed by atoms with E-state index in [1.54, 1.807) is 13.0 Å². The van der Waals surface area contributed by atoms with Crippen LogP contribution in [0, 0.1) is 0 Å². The van der Waals surface area contributed by atoms with Crippen molar-refractivity contribution in [2.24, 2.45) is 0 Å². The van der Waals surface area contributed by atoms with Crippen LogP contribution >= 0.6 is 23.4 Å². The lowest BCUT2D eigenvalue weighted by atomic mass is 10.2. The van der Waals surface area contributed by atoms with E-state index in [2.05, 4.69) is 0 Å². The van der Waals surface area contributed by atoms with Gasteiger partial charge in [-0.1, -0.05) is 35.5 Å². The molecule has 2 aromatic carbocycles. The molecule has 0 unspecified atom stereocenters. The molecule has 0 spiro atoms. The third kappa shape index (κ3) is 3.75. The minimum absolute atomic E-state index is 0.292. The zero-order chi connectivity index (χ0) is 13.7. The molecule has 0 aliphatic heterocycles. The van der Waals surface area contributed by atoms with Crippen molar-refractivity contribution in [2.75, 3.05) is 6.61 Å². The molecule has 0 saturated heterocycles. The molecule has 0 amide bonds. The average Bonchev–Trinajstić information content (AvgIpc) is 2.42. The molecule has 0 radical (unpaired) electrons. The molecule has 2 rings (SSSR count). The van der Waals surface area contributed by atoms with Crippen LogP contribution in [0.5, 0.6) is 0 Å². The van der Waals surface area contributed by atoms with Crippen LogP contribution < -0.4 is 0 Å². The van der Waals surface area contributed by atoms with Gasteiger partial charge in [0.15, 0.2) is 0 Å². The van der Waals surface area contributed by atoms with Crippen LogP contribution in [0.2, 0.25) is 5.02 Å². The Balaban J connectivity index is 2.24. The van der Waals surface area contributed by atoms with Crippen molar-refractivity contribution in [1.82, 2.24) is 0 Å². The van der Waals surface area contributed by atoms with Crippen molar-refractivity contribution in [3.63, 3.8) is 0 Å². The van der Waals surface area contributed by atoms with Crippen LogP contribution in [-0.2, 0) is 4.74 Å². The summed E-state index contributed by atoms with van der Waals surface area (Å²) in [5, 5.41) is 0.697. The molecule has 2 nitrogen and oxygen atoms in total. The van der Waals surface area contributed by atoms with Crippen LogP contribution in [0.15, 0.2) is 58.3 Å². The normalized spacial score (nSPS) is 10.2. The summed E-state index contributed by atoms with van der Waals surface area (Å²) in [5.74, 6) is -0.292. The lowest BCUT2D eigenvalue weighted by Gasteiger charge is -2.08. The molecule has 0 heterocycles. The smallest absolute Gasteiger partial charge is 0.339 e. The Morgan fingerprint density at radius 2 is 1.84 bits per heavy atom. The van der Waals surface area contributed by atoms with E-state index in [0.29, 0.717) is 17.2 Å². The van der Waals surface area contributed by atoms with Gasteiger partial charge in [0.25, 0.3) is 0 Å². The van der Waals surface area contributed by atoms with Gasteiger partial charge in [0.1, 0.15) is 0 Å². The van der Waals surface area contributed by atoms with E-state index in [1.165, 1.54) is 11.8 Å². The summed E-state index contributed by atoms with van der Waals surface area (Å²) in [6.45, 7) is 2.17. The molecule has 98 valence electrons. The second-order valence-electron chi connectivity index (χ2n) is 3.77. The summed E-state index contributed by atoms with van der Waals surface area (Å²) in [7, 11) is 0. The maximum Gasteiger partial charge on any atom is 0.339 e. The maximum atomic E-state index is 11.9. The number of ether oxygens (including phenoxy) is 1. The first kappa shape index (κ1) is 14.0. The molecule has 0 bridgehead atoms. The van der Waals surface area contributed by atoms with Gasteiger partial charge >= 0.3 is 5.97 Å². The van der Waals surface area contributed by atoms with E-state index in [9.17, 15) is 4.79 Å².